The van der Waals surface area contributed by atoms with E-state index in [-0.39, 0.29) is 18.4 Å². The molecule has 1 aromatic carbocycles. The molecule has 1 rings (SSSR count). The Morgan fingerprint density at radius 1 is 1.20 bits per heavy atom. The molecule has 0 saturated carbocycles. The molecule has 1 amide bonds. The van der Waals surface area contributed by atoms with Crippen LogP contribution in [0.4, 0.5) is 0 Å². The fourth-order valence-corrected chi connectivity index (χ4v) is 1.78. The summed E-state index contributed by atoms with van der Waals surface area (Å²) in [6, 6.07) is 9.27. The van der Waals surface area contributed by atoms with E-state index < -0.39 is 6.04 Å². The van der Waals surface area contributed by atoms with Crippen molar-refractivity contribution in [3.8, 4) is 0 Å². The minimum atomic E-state index is -0.468. The molecule has 5 heteroatoms. The van der Waals surface area contributed by atoms with Gasteiger partial charge < -0.3 is 9.64 Å². The van der Waals surface area contributed by atoms with Crippen LogP contribution < -0.4 is 0 Å². The largest absolute Gasteiger partial charge is 0.468 e. The van der Waals surface area contributed by atoms with Crippen LogP contribution in [0.15, 0.2) is 30.3 Å². The number of hydrogen-bond acceptors (Lipinski definition) is 4. The number of carbonyl (C=O) groups is 2. The third-order valence-electron chi connectivity index (χ3n) is 3.16. The quantitative estimate of drug-likeness (QED) is 0.732. The maximum atomic E-state index is 11.9. The number of benzene rings is 1. The van der Waals surface area contributed by atoms with Crippen LogP contribution in [0.1, 0.15) is 12.5 Å². The Bertz CT molecular complexity index is 446. The van der Waals surface area contributed by atoms with Gasteiger partial charge in [-0.1, -0.05) is 30.3 Å². The molecule has 110 valence electrons. The summed E-state index contributed by atoms with van der Waals surface area (Å²) in [6.45, 7) is 2.45. The van der Waals surface area contributed by atoms with Gasteiger partial charge in [0.1, 0.15) is 6.04 Å². The van der Waals surface area contributed by atoms with Crippen LogP contribution >= 0.6 is 0 Å². The van der Waals surface area contributed by atoms with Crippen molar-refractivity contribution in [2.75, 3.05) is 27.7 Å². The van der Waals surface area contributed by atoms with Gasteiger partial charge >= 0.3 is 5.97 Å². The van der Waals surface area contributed by atoms with E-state index >= 15 is 0 Å². The van der Waals surface area contributed by atoms with Crippen LogP contribution in [-0.2, 0) is 20.9 Å². The number of hydrogen-bond donors (Lipinski definition) is 0. The number of methoxy groups -OCH3 is 1. The molecule has 0 N–H and O–H groups in total. The molecule has 0 heterocycles. The molecule has 0 radical (unpaired) electrons. The summed E-state index contributed by atoms with van der Waals surface area (Å²) in [5.41, 5.74) is 1.05. The lowest BCUT2D eigenvalue weighted by Gasteiger charge is -2.27. The third-order valence-corrected chi connectivity index (χ3v) is 3.16. The van der Waals surface area contributed by atoms with Crippen molar-refractivity contribution < 1.29 is 14.3 Å². The zero-order chi connectivity index (χ0) is 15.1. The lowest BCUT2D eigenvalue weighted by atomic mass is 10.2. The van der Waals surface area contributed by atoms with Crippen molar-refractivity contribution in [1.29, 1.82) is 0 Å². The summed E-state index contributed by atoms with van der Waals surface area (Å²) in [5, 5.41) is 0. The molecule has 0 bridgehead atoms. The van der Waals surface area contributed by atoms with Gasteiger partial charge in [-0.15, -0.1) is 0 Å². The van der Waals surface area contributed by atoms with E-state index in [0.29, 0.717) is 6.54 Å². The summed E-state index contributed by atoms with van der Waals surface area (Å²) < 4.78 is 4.77. The van der Waals surface area contributed by atoms with Gasteiger partial charge in [-0.05, 0) is 12.5 Å². The summed E-state index contributed by atoms with van der Waals surface area (Å²) in [6.07, 6.45) is 0. The number of ether oxygens (including phenoxy) is 1. The lowest BCUT2D eigenvalue weighted by Crippen LogP contribution is -2.44. The molecule has 20 heavy (non-hydrogen) atoms. The van der Waals surface area contributed by atoms with Crippen LogP contribution in [0.25, 0.3) is 0 Å². The van der Waals surface area contributed by atoms with Gasteiger partial charge in [0.15, 0.2) is 0 Å². The molecule has 0 aliphatic heterocycles. The molecule has 0 aliphatic carbocycles. The molecule has 0 spiro atoms. The van der Waals surface area contributed by atoms with E-state index in [2.05, 4.69) is 0 Å². The number of rotatable bonds is 6. The van der Waals surface area contributed by atoms with Crippen molar-refractivity contribution in [3.63, 3.8) is 0 Å². The molecule has 1 atom stereocenters. The lowest BCUT2D eigenvalue weighted by molar-refractivity contribution is -0.147. The first-order valence-electron chi connectivity index (χ1n) is 6.51. The Balaban J connectivity index is 2.83. The zero-order valence-corrected chi connectivity index (χ0v) is 12.5. The van der Waals surface area contributed by atoms with Crippen molar-refractivity contribution in [2.45, 2.75) is 19.5 Å². The SMILES string of the molecule is COC(=O)C(C)N(CC(=O)N(C)C)Cc1ccccc1. The smallest absolute Gasteiger partial charge is 0.322 e. The highest BCUT2D eigenvalue weighted by Gasteiger charge is 2.24. The minimum absolute atomic E-state index is 0.0447. The predicted octanol–water partition coefficient (Wildman–Crippen LogP) is 1.14. The van der Waals surface area contributed by atoms with Crippen molar-refractivity contribution >= 4 is 11.9 Å². The second kappa shape index (κ2) is 7.65. The highest BCUT2D eigenvalue weighted by Crippen LogP contribution is 2.09. The maximum Gasteiger partial charge on any atom is 0.322 e. The van der Waals surface area contributed by atoms with Crippen LogP contribution in [0, 0.1) is 0 Å². The summed E-state index contributed by atoms with van der Waals surface area (Å²) in [5.74, 6) is -0.385. The summed E-state index contributed by atoms with van der Waals surface area (Å²) >= 11 is 0. The Kier molecular flexibility index (Phi) is 6.18. The topological polar surface area (TPSA) is 49.9 Å². The fraction of sp³-hybridized carbons (Fsp3) is 0.467. The molecule has 1 unspecified atom stereocenters. The van der Waals surface area contributed by atoms with Gasteiger partial charge in [-0.3, -0.25) is 14.5 Å². The van der Waals surface area contributed by atoms with Gasteiger partial charge in [0.2, 0.25) is 5.91 Å². The third kappa shape index (κ3) is 4.66. The van der Waals surface area contributed by atoms with Gasteiger partial charge in [-0.2, -0.15) is 0 Å². The van der Waals surface area contributed by atoms with Crippen molar-refractivity contribution in [1.82, 2.24) is 9.80 Å². The Hall–Kier alpha value is -1.88. The van der Waals surface area contributed by atoms with Crippen LogP contribution in [0.5, 0.6) is 0 Å². The Labute approximate surface area is 120 Å². The van der Waals surface area contributed by atoms with Crippen molar-refractivity contribution in [2.24, 2.45) is 0 Å². The number of likely N-dealkylation sites (N-methyl/N-ethyl adjacent to an activating group) is 1. The van der Waals surface area contributed by atoms with Gasteiger partial charge in [0.25, 0.3) is 0 Å². The predicted molar refractivity (Wildman–Crippen MR) is 77.0 cm³/mol. The number of amides is 1. The first-order valence-corrected chi connectivity index (χ1v) is 6.51. The molecule has 1 aromatic rings. The highest BCUT2D eigenvalue weighted by atomic mass is 16.5. The van der Waals surface area contributed by atoms with E-state index in [1.54, 1.807) is 21.0 Å². The Morgan fingerprint density at radius 3 is 2.30 bits per heavy atom. The number of carbonyl (C=O) groups excluding carboxylic acids is 2. The second-order valence-corrected chi connectivity index (χ2v) is 4.88. The van der Waals surface area contributed by atoms with Crippen LogP contribution in [0.2, 0.25) is 0 Å². The molecule has 0 aliphatic rings. The van der Waals surface area contributed by atoms with E-state index in [1.165, 1.54) is 12.0 Å². The Morgan fingerprint density at radius 2 is 1.80 bits per heavy atom. The normalized spacial score (nSPS) is 12.1. The fourth-order valence-electron chi connectivity index (χ4n) is 1.78. The average Bonchev–Trinajstić information content (AvgIpc) is 2.45. The second-order valence-electron chi connectivity index (χ2n) is 4.88. The number of nitrogens with zero attached hydrogens (tertiary/aromatic N) is 2. The average molecular weight is 278 g/mol. The van der Waals surface area contributed by atoms with Gasteiger partial charge in [-0.25, -0.2) is 0 Å². The summed E-state index contributed by atoms with van der Waals surface area (Å²) in [4.78, 5) is 26.9. The highest BCUT2D eigenvalue weighted by molar-refractivity contribution is 5.80. The molecule has 0 fully saturated rings. The first-order chi connectivity index (χ1) is 9.45. The van der Waals surface area contributed by atoms with E-state index in [9.17, 15) is 9.59 Å². The van der Waals surface area contributed by atoms with Crippen LogP contribution in [0.3, 0.4) is 0 Å². The monoisotopic (exact) mass is 278 g/mol. The summed E-state index contributed by atoms with van der Waals surface area (Å²) in [7, 11) is 4.75. The van der Waals surface area contributed by atoms with Crippen LogP contribution in [-0.4, -0.2) is 55.5 Å². The van der Waals surface area contributed by atoms with Gasteiger partial charge in [0, 0.05) is 20.6 Å². The number of esters is 1. The minimum Gasteiger partial charge on any atom is -0.468 e. The first kappa shape index (κ1) is 16.2. The zero-order valence-electron chi connectivity index (χ0n) is 12.5. The van der Waals surface area contributed by atoms with Crippen molar-refractivity contribution in [3.05, 3.63) is 35.9 Å². The molecular weight excluding hydrogens is 256 g/mol. The van der Waals surface area contributed by atoms with E-state index in [0.717, 1.165) is 5.56 Å². The van der Waals surface area contributed by atoms with E-state index in [1.807, 2.05) is 35.2 Å². The molecule has 0 aromatic heterocycles. The molecule has 5 nitrogen and oxygen atoms in total. The van der Waals surface area contributed by atoms with E-state index in [4.69, 9.17) is 4.74 Å². The standard InChI is InChI=1S/C15H22N2O3/c1-12(15(19)20-4)17(11-14(18)16(2)3)10-13-8-6-5-7-9-13/h5-9,12H,10-11H2,1-4H3. The molecule has 0 saturated heterocycles. The maximum absolute atomic E-state index is 11.9. The molecular formula is C15H22N2O3. The van der Waals surface area contributed by atoms with Gasteiger partial charge in [0.05, 0.1) is 13.7 Å².